The van der Waals surface area contributed by atoms with Gasteiger partial charge in [0, 0.05) is 23.5 Å². The first-order valence-corrected chi connectivity index (χ1v) is 14.5. The van der Waals surface area contributed by atoms with Crippen LogP contribution < -0.4 is 10.6 Å². The van der Waals surface area contributed by atoms with Crippen molar-refractivity contribution in [2.45, 2.75) is 66.0 Å². The number of aromatic nitrogens is 2. The average Bonchev–Trinajstić information content (AvgIpc) is 3.50. The van der Waals surface area contributed by atoms with Crippen molar-refractivity contribution in [2.75, 3.05) is 0 Å². The molecule has 0 saturated heterocycles. The first-order chi connectivity index (χ1) is 21.4. The smallest absolute Gasteiger partial charge is 0.257 e. The Balaban J connectivity index is 1.53. The summed E-state index contributed by atoms with van der Waals surface area (Å²) in [7, 11) is 0. The third-order valence-corrected chi connectivity index (χ3v) is 8.08. The lowest BCUT2D eigenvalue weighted by Crippen LogP contribution is -2.47. The second kappa shape index (κ2) is 12.7. The zero-order valence-electron chi connectivity index (χ0n) is 25.9. The monoisotopic (exact) mass is 606 g/mol. The highest BCUT2D eigenvalue weighted by molar-refractivity contribution is 6.13. The molecule has 5 rings (SSSR count). The molecule has 2 aromatic carbocycles. The Hall–Kier alpha value is -5.39. The highest BCUT2D eigenvalue weighted by Crippen LogP contribution is 2.37. The van der Waals surface area contributed by atoms with Crippen molar-refractivity contribution in [3.05, 3.63) is 99.2 Å². The number of amides is 4. The number of azo groups is 2. The molecule has 3 unspecified atom stereocenters. The van der Waals surface area contributed by atoms with E-state index in [0.29, 0.717) is 28.3 Å². The number of aromatic amines is 1. The van der Waals surface area contributed by atoms with Crippen LogP contribution in [0.25, 0.3) is 0 Å². The van der Waals surface area contributed by atoms with Crippen LogP contribution in [0.4, 0.5) is 11.4 Å². The van der Waals surface area contributed by atoms with E-state index in [4.69, 9.17) is 0 Å². The Labute approximate surface area is 260 Å². The van der Waals surface area contributed by atoms with Crippen molar-refractivity contribution in [1.29, 1.82) is 0 Å². The molecule has 2 aliphatic heterocycles. The highest BCUT2D eigenvalue weighted by Gasteiger charge is 2.40. The lowest BCUT2D eigenvalue weighted by atomic mass is 9.81. The summed E-state index contributed by atoms with van der Waals surface area (Å²) in [5.41, 5.74) is 6.43. The molecule has 0 fully saturated rings. The van der Waals surface area contributed by atoms with Gasteiger partial charge in [0.05, 0.1) is 17.3 Å². The molecule has 0 aliphatic carbocycles. The fourth-order valence-electron chi connectivity index (χ4n) is 5.61. The maximum Gasteiger partial charge on any atom is 0.257 e. The minimum atomic E-state index is -1.08. The van der Waals surface area contributed by atoms with Gasteiger partial charge < -0.3 is 4.98 Å². The van der Waals surface area contributed by atoms with Crippen LogP contribution in [0.1, 0.15) is 54.3 Å². The molecule has 0 saturated carbocycles. The van der Waals surface area contributed by atoms with E-state index in [1.54, 1.807) is 20.0 Å². The number of hydrogen-bond donors (Lipinski definition) is 3. The number of benzene rings is 2. The summed E-state index contributed by atoms with van der Waals surface area (Å²) in [4.78, 5) is 59.9. The van der Waals surface area contributed by atoms with E-state index in [0.717, 1.165) is 22.3 Å². The van der Waals surface area contributed by atoms with E-state index in [9.17, 15) is 19.2 Å². The molecule has 0 spiro atoms. The van der Waals surface area contributed by atoms with Gasteiger partial charge >= 0.3 is 0 Å². The van der Waals surface area contributed by atoms with E-state index < -0.39 is 41.6 Å². The summed E-state index contributed by atoms with van der Waals surface area (Å²) in [6.45, 7) is 11.1. The molecular weight excluding hydrogens is 572 g/mol. The van der Waals surface area contributed by atoms with Gasteiger partial charge in [0.2, 0.25) is 0 Å². The van der Waals surface area contributed by atoms with Crippen LogP contribution in [0.3, 0.4) is 0 Å². The van der Waals surface area contributed by atoms with E-state index in [1.807, 2.05) is 64.1 Å². The van der Waals surface area contributed by atoms with Crippen LogP contribution in [0.2, 0.25) is 0 Å². The predicted molar refractivity (Wildman–Crippen MR) is 166 cm³/mol. The molecule has 4 amide bonds. The van der Waals surface area contributed by atoms with Gasteiger partial charge in [-0.05, 0) is 82.4 Å². The first-order valence-electron chi connectivity index (χ1n) is 14.5. The lowest BCUT2D eigenvalue weighted by molar-refractivity contribution is -0.132. The molecule has 3 aromatic rings. The molecule has 1 aromatic heterocycles. The normalized spacial score (nSPS) is 20.0. The van der Waals surface area contributed by atoms with Crippen LogP contribution in [-0.2, 0) is 19.2 Å². The van der Waals surface area contributed by atoms with Gasteiger partial charge in [0.15, 0.2) is 12.1 Å². The maximum absolute atomic E-state index is 13.4. The second-order valence-electron chi connectivity index (χ2n) is 11.4. The van der Waals surface area contributed by atoms with Gasteiger partial charge in [0.1, 0.15) is 5.82 Å². The SMILES string of the molecule is CC1=C(CC(C2=C(C)C(N=Nc3ccc(C)cc3C)C(=O)NC2=O)c2ncc[nH]2)C(=O)NC(=O)C1N=Nc1ccc(C)cc1C. The van der Waals surface area contributed by atoms with Gasteiger partial charge in [-0.3, -0.25) is 29.8 Å². The van der Waals surface area contributed by atoms with Crippen molar-refractivity contribution in [3.8, 4) is 0 Å². The number of imide groups is 2. The first kappa shape index (κ1) is 31.0. The van der Waals surface area contributed by atoms with Crippen LogP contribution in [-0.4, -0.2) is 45.7 Å². The average molecular weight is 607 g/mol. The Morgan fingerprint density at radius 2 is 1.27 bits per heavy atom. The third kappa shape index (κ3) is 6.44. The molecule has 3 heterocycles. The van der Waals surface area contributed by atoms with Crippen molar-refractivity contribution in [1.82, 2.24) is 20.6 Å². The Morgan fingerprint density at radius 3 is 1.78 bits per heavy atom. The Morgan fingerprint density at radius 1 is 0.733 bits per heavy atom. The number of nitrogens with zero attached hydrogens (tertiary/aromatic N) is 5. The standard InChI is InChI=1S/C33H34N8O4/c1-16-7-9-24(18(3)13-16)38-40-27-20(5)22(30(42)36-32(27)44)15-23(29-34-11-12-35-29)26-21(6)28(33(45)37-31(26)43)41-39-25-10-8-17(2)14-19(25)4/h7-14,23,27-28H,15H2,1-6H3,(H,34,35)(H,36,42,44)(H,37,43,45). The van der Waals surface area contributed by atoms with E-state index in [2.05, 4.69) is 41.1 Å². The minimum Gasteiger partial charge on any atom is -0.348 e. The molecule has 3 N–H and O–H groups in total. The zero-order valence-corrected chi connectivity index (χ0v) is 25.9. The van der Waals surface area contributed by atoms with Gasteiger partial charge in [-0.15, -0.1) is 0 Å². The quantitative estimate of drug-likeness (QED) is 0.231. The van der Waals surface area contributed by atoms with Crippen molar-refractivity contribution in [3.63, 3.8) is 0 Å². The summed E-state index contributed by atoms with van der Waals surface area (Å²) in [5, 5.41) is 22.1. The molecule has 0 bridgehead atoms. The fourth-order valence-corrected chi connectivity index (χ4v) is 5.61. The largest absolute Gasteiger partial charge is 0.348 e. The fraction of sp³-hybridized carbons (Fsp3) is 0.303. The van der Waals surface area contributed by atoms with Crippen LogP contribution >= 0.6 is 0 Å². The summed E-state index contributed by atoms with van der Waals surface area (Å²) < 4.78 is 0. The molecule has 45 heavy (non-hydrogen) atoms. The van der Waals surface area contributed by atoms with Crippen molar-refractivity contribution < 1.29 is 19.2 Å². The van der Waals surface area contributed by atoms with Gasteiger partial charge in [0.25, 0.3) is 23.6 Å². The molecule has 3 atom stereocenters. The van der Waals surface area contributed by atoms with Crippen molar-refractivity contribution >= 4 is 35.0 Å². The number of rotatable bonds is 8. The molecule has 230 valence electrons. The molecule has 12 heteroatoms. The molecule has 2 aliphatic rings. The van der Waals surface area contributed by atoms with Crippen molar-refractivity contribution in [2.24, 2.45) is 20.5 Å². The lowest BCUT2D eigenvalue weighted by Gasteiger charge is -2.29. The van der Waals surface area contributed by atoms with E-state index in [-0.39, 0.29) is 17.6 Å². The van der Waals surface area contributed by atoms with Crippen LogP contribution in [0.15, 0.2) is 91.5 Å². The summed E-state index contributed by atoms with van der Waals surface area (Å²) in [6.07, 6.45) is 3.13. The highest BCUT2D eigenvalue weighted by atomic mass is 16.2. The minimum absolute atomic E-state index is 0.0107. The van der Waals surface area contributed by atoms with Gasteiger partial charge in [-0.1, -0.05) is 35.4 Å². The number of nitrogens with one attached hydrogen (secondary N) is 3. The maximum atomic E-state index is 13.4. The molecular formula is C33H34N8O4. The number of carbonyl (C=O) groups excluding carboxylic acids is 4. The summed E-state index contributed by atoms with van der Waals surface area (Å²) >= 11 is 0. The third-order valence-electron chi connectivity index (χ3n) is 8.08. The zero-order chi connectivity index (χ0) is 32.4. The van der Waals surface area contributed by atoms with Gasteiger partial charge in [-0.25, -0.2) is 4.98 Å². The Kier molecular flexibility index (Phi) is 8.75. The molecule has 12 nitrogen and oxygen atoms in total. The summed E-state index contributed by atoms with van der Waals surface area (Å²) in [5.74, 6) is -2.79. The number of carbonyl (C=O) groups is 4. The number of aryl methyl sites for hydroxylation is 4. The predicted octanol–water partition coefficient (Wildman–Crippen LogP) is 5.37. The van der Waals surface area contributed by atoms with Crippen LogP contribution in [0, 0.1) is 27.7 Å². The topological polar surface area (TPSA) is 170 Å². The van der Waals surface area contributed by atoms with E-state index in [1.165, 1.54) is 6.20 Å². The number of hydrogen-bond acceptors (Lipinski definition) is 9. The number of H-pyrrole nitrogens is 1. The van der Waals surface area contributed by atoms with Crippen LogP contribution in [0.5, 0.6) is 0 Å². The van der Waals surface area contributed by atoms with E-state index >= 15 is 0 Å². The Bertz CT molecular complexity index is 1830. The molecule has 0 radical (unpaired) electrons. The summed E-state index contributed by atoms with van der Waals surface area (Å²) in [6, 6.07) is 9.24. The van der Waals surface area contributed by atoms with Gasteiger partial charge in [-0.2, -0.15) is 20.5 Å². The number of imidazole rings is 1. The second-order valence-corrected chi connectivity index (χ2v) is 11.4.